The van der Waals surface area contributed by atoms with Crippen molar-refractivity contribution in [1.29, 1.82) is 0 Å². The molecule has 0 N–H and O–H groups in total. The van der Waals surface area contributed by atoms with Gasteiger partial charge in [0.1, 0.15) is 11.5 Å². The molecule has 1 aliphatic rings. The highest BCUT2D eigenvalue weighted by Gasteiger charge is 2.11. The number of hydrogen-bond donors (Lipinski definition) is 0. The second kappa shape index (κ2) is 2.53. The highest BCUT2D eigenvalue weighted by molar-refractivity contribution is 5.99. The van der Waals surface area contributed by atoms with E-state index in [4.69, 9.17) is 4.42 Å². The number of aryl methyl sites for hydroxylation is 1. The summed E-state index contributed by atoms with van der Waals surface area (Å²) in [4.78, 5) is 4.34. The highest BCUT2D eigenvalue weighted by Crippen LogP contribution is 2.15. The van der Waals surface area contributed by atoms with E-state index in [-0.39, 0.29) is 0 Å². The Morgan fingerprint density at radius 2 is 2.36 bits per heavy atom. The Labute approximate surface area is 65.9 Å². The highest BCUT2D eigenvalue weighted by atomic mass is 16.3. The first-order valence-electron chi connectivity index (χ1n) is 3.96. The summed E-state index contributed by atoms with van der Waals surface area (Å²) in [6.45, 7) is 2.92. The van der Waals surface area contributed by atoms with Gasteiger partial charge >= 0.3 is 0 Å². The topological polar surface area (TPSA) is 25.5 Å². The average molecular weight is 149 g/mol. The summed E-state index contributed by atoms with van der Waals surface area (Å²) >= 11 is 0. The van der Waals surface area contributed by atoms with Gasteiger partial charge in [0.2, 0.25) is 0 Å². The van der Waals surface area contributed by atoms with Crippen LogP contribution in [0.4, 0.5) is 0 Å². The first kappa shape index (κ1) is 6.65. The molecule has 0 saturated heterocycles. The molecule has 0 atom stereocenters. The number of furan rings is 1. The maximum atomic E-state index is 5.44. The SMILES string of the molecule is Cc1ccc(C2=NCCC2)o1. The molecule has 11 heavy (non-hydrogen) atoms. The Kier molecular flexibility index (Phi) is 1.53. The molecule has 1 aliphatic heterocycles. The summed E-state index contributed by atoms with van der Waals surface area (Å²) in [5.41, 5.74) is 1.14. The van der Waals surface area contributed by atoms with Crippen molar-refractivity contribution < 1.29 is 4.42 Å². The number of rotatable bonds is 1. The monoisotopic (exact) mass is 149 g/mol. The van der Waals surface area contributed by atoms with E-state index >= 15 is 0 Å². The molecular weight excluding hydrogens is 138 g/mol. The number of aliphatic imine (C=N–C) groups is 1. The zero-order chi connectivity index (χ0) is 7.68. The largest absolute Gasteiger partial charge is 0.460 e. The summed E-state index contributed by atoms with van der Waals surface area (Å²) in [6.07, 6.45) is 2.25. The molecule has 1 aromatic rings. The van der Waals surface area contributed by atoms with E-state index in [1.165, 1.54) is 6.42 Å². The smallest absolute Gasteiger partial charge is 0.148 e. The van der Waals surface area contributed by atoms with E-state index in [0.717, 1.165) is 30.2 Å². The normalized spacial score (nSPS) is 17.0. The van der Waals surface area contributed by atoms with E-state index in [0.29, 0.717) is 0 Å². The fourth-order valence-electron chi connectivity index (χ4n) is 1.33. The van der Waals surface area contributed by atoms with Gasteiger partial charge in [0.15, 0.2) is 0 Å². The van der Waals surface area contributed by atoms with Gasteiger partial charge in [-0.2, -0.15) is 0 Å². The Morgan fingerprint density at radius 3 is 2.91 bits per heavy atom. The lowest BCUT2D eigenvalue weighted by molar-refractivity contribution is 0.524. The molecule has 2 rings (SSSR count). The van der Waals surface area contributed by atoms with Crippen LogP contribution in [0.25, 0.3) is 0 Å². The second-order valence-electron chi connectivity index (χ2n) is 2.84. The first-order chi connectivity index (χ1) is 5.36. The lowest BCUT2D eigenvalue weighted by atomic mass is 10.2. The third-order valence-corrected chi connectivity index (χ3v) is 1.90. The lowest BCUT2D eigenvalue weighted by Gasteiger charge is -1.91. The summed E-state index contributed by atoms with van der Waals surface area (Å²) in [5.74, 6) is 1.93. The Bertz CT molecular complexity index is 286. The molecule has 0 amide bonds. The molecule has 0 spiro atoms. The van der Waals surface area contributed by atoms with Gasteiger partial charge in [0, 0.05) is 6.54 Å². The van der Waals surface area contributed by atoms with Gasteiger partial charge in [-0.25, -0.2) is 0 Å². The van der Waals surface area contributed by atoms with Gasteiger partial charge in [-0.1, -0.05) is 0 Å². The van der Waals surface area contributed by atoms with Gasteiger partial charge < -0.3 is 4.42 Å². The predicted molar refractivity (Wildman–Crippen MR) is 44.1 cm³/mol. The fraction of sp³-hybridized carbons (Fsp3) is 0.444. The van der Waals surface area contributed by atoms with Crippen molar-refractivity contribution in [1.82, 2.24) is 0 Å². The molecule has 2 nitrogen and oxygen atoms in total. The van der Waals surface area contributed by atoms with E-state index in [9.17, 15) is 0 Å². The Hall–Kier alpha value is -1.05. The van der Waals surface area contributed by atoms with Crippen LogP contribution in [-0.2, 0) is 0 Å². The zero-order valence-corrected chi connectivity index (χ0v) is 6.63. The molecule has 2 heterocycles. The summed E-state index contributed by atoms with van der Waals surface area (Å²) < 4.78 is 5.44. The van der Waals surface area contributed by atoms with Gasteiger partial charge in [0.25, 0.3) is 0 Å². The Morgan fingerprint density at radius 1 is 1.45 bits per heavy atom. The third kappa shape index (κ3) is 1.20. The minimum Gasteiger partial charge on any atom is -0.460 e. The van der Waals surface area contributed by atoms with Gasteiger partial charge in [-0.05, 0) is 31.9 Å². The van der Waals surface area contributed by atoms with Gasteiger partial charge in [-0.3, -0.25) is 4.99 Å². The standard InChI is InChI=1S/C9H11NO/c1-7-4-5-9(11-7)8-3-2-6-10-8/h4-5H,2-3,6H2,1H3. The van der Waals surface area contributed by atoms with Crippen LogP contribution in [0.2, 0.25) is 0 Å². The quantitative estimate of drug-likeness (QED) is 0.600. The molecule has 1 aromatic heterocycles. The fourth-order valence-corrected chi connectivity index (χ4v) is 1.33. The number of hydrogen-bond acceptors (Lipinski definition) is 2. The third-order valence-electron chi connectivity index (χ3n) is 1.90. The van der Waals surface area contributed by atoms with E-state index in [1.807, 2.05) is 19.1 Å². The Balaban J connectivity index is 2.28. The van der Waals surface area contributed by atoms with Crippen molar-refractivity contribution in [2.24, 2.45) is 4.99 Å². The average Bonchev–Trinajstić information content (AvgIpc) is 2.55. The van der Waals surface area contributed by atoms with Crippen LogP contribution < -0.4 is 0 Å². The van der Waals surface area contributed by atoms with Crippen LogP contribution in [0, 0.1) is 6.92 Å². The zero-order valence-electron chi connectivity index (χ0n) is 6.63. The molecule has 0 radical (unpaired) electrons. The maximum absolute atomic E-state index is 5.44. The van der Waals surface area contributed by atoms with Crippen molar-refractivity contribution >= 4 is 5.71 Å². The predicted octanol–water partition coefficient (Wildman–Crippen LogP) is 2.17. The second-order valence-corrected chi connectivity index (χ2v) is 2.84. The lowest BCUT2D eigenvalue weighted by Crippen LogP contribution is -1.91. The van der Waals surface area contributed by atoms with Crippen molar-refractivity contribution in [3.8, 4) is 0 Å². The van der Waals surface area contributed by atoms with E-state index in [2.05, 4.69) is 4.99 Å². The van der Waals surface area contributed by atoms with Crippen LogP contribution in [-0.4, -0.2) is 12.3 Å². The summed E-state index contributed by atoms with van der Waals surface area (Å²) in [5, 5.41) is 0. The van der Waals surface area contributed by atoms with Crippen LogP contribution in [0.1, 0.15) is 24.4 Å². The van der Waals surface area contributed by atoms with Crippen molar-refractivity contribution in [3.05, 3.63) is 23.7 Å². The summed E-state index contributed by atoms with van der Waals surface area (Å²) in [7, 11) is 0. The molecule has 0 fully saturated rings. The molecule has 0 aliphatic carbocycles. The van der Waals surface area contributed by atoms with Gasteiger partial charge in [-0.15, -0.1) is 0 Å². The van der Waals surface area contributed by atoms with E-state index in [1.54, 1.807) is 0 Å². The minimum absolute atomic E-state index is 0.958. The maximum Gasteiger partial charge on any atom is 0.148 e. The van der Waals surface area contributed by atoms with E-state index < -0.39 is 0 Å². The molecule has 2 heteroatoms. The molecule has 0 unspecified atom stereocenters. The first-order valence-corrected chi connectivity index (χ1v) is 3.96. The van der Waals surface area contributed by atoms with Crippen LogP contribution in [0.5, 0.6) is 0 Å². The van der Waals surface area contributed by atoms with Crippen LogP contribution in [0.15, 0.2) is 21.5 Å². The van der Waals surface area contributed by atoms with Crippen molar-refractivity contribution in [3.63, 3.8) is 0 Å². The van der Waals surface area contributed by atoms with Gasteiger partial charge in [0.05, 0.1) is 5.71 Å². The molecular formula is C9H11NO. The van der Waals surface area contributed by atoms with Crippen molar-refractivity contribution in [2.45, 2.75) is 19.8 Å². The molecule has 0 saturated carbocycles. The molecule has 0 aromatic carbocycles. The van der Waals surface area contributed by atoms with Crippen LogP contribution in [0.3, 0.4) is 0 Å². The molecule has 58 valence electrons. The van der Waals surface area contributed by atoms with Crippen molar-refractivity contribution in [2.75, 3.05) is 6.54 Å². The number of nitrogens with zero attached hydrogens (tertiary/aromatic N) is 1. The summed E-state index contributed by atoms with van der Waals surface area (Å²) in [6, 6.07) is 3.98. The van der Waals surface area contributed by atoms with Crippen LogP contribution >= 0.6 is 0 Å². The minimum atomic E-state index is 0.958. The molecule has 0 bridgehead atoms.